The van der Waals surface area contributed by atoms with Crippen LogP contribution in [0.15, 0.2) is 35.4 Å². The smallest absolute Gasteiger partial charge is 0.309 e. The molecule has 190 valence electrons. The van der Waals surface area contributed by atoms with Crippen molar-refractivity contribution < 1.29 is 19.1 Å². The van der Waals surface area contributed by atoms with Gasteiger partial charge in [-0.15, -0.1) is 5.10 Å². The second kappa shape index (κ2) is 12.5. The molecule has 2 atom stereocenters. The number of hydrogen-bond donors (Lipinski definition) is 2. The molecule has 1 aromatic rings. The van der Waals surface area contributed by atoms with Gasteiger partial charge >= 0.3 is 5.91 Å². The average Bonchev–Trinajstić information content (AvgIpc) is 3.25. The van der Waals surface area contributed by atoms with E-state index in [1.807, 2.05) is 18.2 Å². The Hall–Kier alpha value is -2.39. The number of carbonyl (C=O) groups excluding carboxylic acids is 3. The van der Waals surface area contributed by atoms with Gasteiger partial charge in [-0.25, -0.2) is 5.43 Å². The lowest BCUT2D eigenvalue weighted by molar-refractivity contribution is -0.142. The summed E-state index contributed by atoms with van der Waals surface area (Å²) in [6.45, 7) is 3.86. The van der Waals surface area contributed by atoms with Crippen molar-refractivity contribution in [2.75, 3.05) is 19.0 Å². The van der Waals surface area contributed by atoms with E-state index in [9.17, 15) is 14.4 Å². The number of Topliss-reactive ketones (excluding diaryl/α,β-unsaturated/α-hetero) is 1. The minimum Gasteiger partial charge on any atom is -0.381 e. The lowest BCUT2D eigenvalue weighted by Crippen LogP contribution is -2.53. The first-order chi connectivity index (χ1) is 17.0. The molecule has 0 spiro atoms. The van der Waals surface area contributed by atoms with Crippen LogP contribution in [0.25, 0.3) is 0 Å². The molecule has 2 amide bonds. The fraction of sp³-hybridized carbons (Fsp3) is 0.615. The molecule has 4 rings (SSSR count). The van der Waals surface area contributed by atoms with Gasteiger partial charge in [-0.05, 0) is 44.1 Å². The maximum absolute atomic E-state index is 13.2. The van der Waals surface area contributed by atoms with Gasteiger partial charge in [-0.3, -0.25) is 14.4 Å². The summed E-state index contributed by atoms with van der Waals surface area (Å²) in [6, 6.07) is 9.51. The molecule has 1 saturated carbocycles. The number of rotatable bonds is 8. The molecular formula is C26H36N4O4S. The van der Waals surface area contributed by atoms with Crippen LogP contribution in [0.5, 0.6) is 0 Å². The zero-order chi connectivity index (χ0) is 24.6. The van der Waals surface area contributed by atoms with Gasteiger partial charge in [0.15, 0.2) is 5.17 Å². The Morgan fingerprint density at radius 3 is 2.51 bits per heavy atom. The second-order valence-electron chi connectivity index (χ2n) is 9.74. The SMILES string of the molecule is C[C@@H]1CS/C(=N\NC(=O)C(=O)[C@H](NC(=O)C2CCCCC2)C2CCOCC2)N1Cc1ccccc1. The normalized spacial score (nSPS) is 23.7. The van der Waals surface area contributed by atoms with Crippen molar-refractivity contribution in [1.82, 2.24) is 15.6 Å². The van der Waals surface area contributed by atoms with Gasteiger partial charge in [0, 0.05) is 37.5 Å². The van der Waals surface area contributed by atoms with Crippen LogP contribution in [0.3, 0.4) is 0 Å². The minimum atomic E-state index is -0.843. The Bertz CT molecular complexity index is 913. The summed E-state index contributed by atoms with van der Waals surface area (Å²) < 4.78 is 5.44. The highest BCUT2D eigenvalue weighted by atomic mass is 32.2. The van der Waals surface area contributed by atoms with E-state index >= 15 is 0 Å². The summed E-state index contributed by atoms with van der Waals surface area (Å²) in [5.41, 5.74) is 3.64. The Labute approximate surface area is 211 Å². The lowest BCUT2D eigenvalue weighted by Gasteiger charge is -2.31. The van der Waals surface area contributed by atoms with E-state index in [1.165, 1.54) is 0 Å². The predicted octanol–water partition coefficient (Wildman–Crippen LogP) is 3.07. The van der Waals surface area contributed by atoms with Gasteiger partial charge in [0.1, 0.15) is 6.04 Å². The molecule has 8 nitrogen and oxygen atoms in total. The van der Waals surface area contributed by atoms with E-state index in [0.29, 0.717) is 37.8 Å². The lowest BCUT2D eigenvalue weighted by atomic mass is 9.85. The van der Waals surface area contributed by atoms with Gasteiger partial charge < -0.3 is 15.0 Å². The fourth-order valence-electron chi connectivity index (χ4n) is 5.03. The van der Waals surface area contributed by atoms with Crippen molar-refractivity contribution in [3.05, 3.63) is 35.9 Å². The number of amides is 2. The summed E-state index contributed by atoms with van der Waals surface area (Å²) >= 11 is 1.56. The van der Waals surface area contributed by atoms with E-state index in [4.69, 9.17) is 4.74 Å². The zero-order valence-electron chi connectivity index (χ0n) is 20.4. The van der Waals surface area contributed by atoms with Crippen LogP contribution in [0.4, 0.5) is 0 Å². The number of nitrogens with zero attached hydrogens (tertiary/aromatic N) is 2. The van der Waals surface area contributed by atoms with Crippen LogP contribution < -0.4 is 10.7 Å². The molecule has 1 aromatic carbocycles. The molecule has 2 aliphatic heterocycles. The maximum atomic E-state index is 13.2. The Morgan fingerprint density at radius 2 is 1.80 bits per heavy atom. The summed E-state index contributed by atoms with van der Waals surface area (Å²) in [4.78, 5) is 41.2. The quantitative estimate of drug-likeness (QED) is 0.420. The Morgan fingerprint density at radius 1 is 1.09 bits per heavy atom. The van der Waals surface area contributed by atoms with Gasteiger partial charge in [0.25, 0.3) is 0 Å². The highest BCUT2D eigenvalue weighted by Gasteiger charge is 2.37. The molecule has 2 N–H and O–H groups in total. The number of nitrogens with one attached hydrogen (secondary N) is 2. The largest absolute Gasteiger partial charge is 0.381 e. The number of hydrogen-bond acceptors (Lipinski definition) is 6. The molecule has 35 heavy (non-hydrogen) atoms. The number of amidine groups is 1. The van der Waals surface area contributed by atoms with Crippen LogP contribution in [0, 0.1) is 11.8 Å². The molecule has 1 aliphatic carbocycles. The summed E-state index contributed by atoms with van der Waals surface area (Å²) in [5, 5.41) is 7.95. The van der Waals surface area contributed by atoms with Crippen LogP contribution >= 0.6 is 11.8 Å². The van der Waals surface area contributed by atoms with Gasteiger partial charge in [-0.1, -0.05) is 61.4 Å². The highest BCUT2D eigenvalue weighted by molar-refractivity contribution is 8.14. The molecule has 0 bridgehead atoms. The summed E-state index contributed by atoms with van der Waals surface area (Å²) in [7, 11) is 0. The molecular weight excluding hydrogens is 464 g/mol. The van der Waals surface area contributed by atoms with Gasteiger partial charge in [-0.2, -0.15) is 0 Å². The molecule has 2 saturated heterocycles. The summed E-state index contributed by atoms with van der Waals surface area (Å²) in [5.74, 6) is -0.850. The molecule has 0 aromatic heterocycles. The standard InChI is InChI=1S/C26H36N4O4S/c1-18-17-35-26(30(18)16-19-8-4-2-5-9-19)29-28-25(33)23(31)22(20-12-14-34-15-13-20)27-24(32)21-10-6-3-7-11-21/h2,4-5,8-9,18,20-22H,3,6-7,10-17H2,1H3,(H,27,32)(H,28,33)/b29-26-/t18-,22-/m1/s1. The first-order valence-corrected chi connectivity index (χ1v) is 13.7. The third kappa shape index (κ3) is 6.85. The third-order valence-electron chi connectivity index (χ3n) is 7.20. The Kier molecular flexibility index (Phi) is 9.20. The van der Waals surface area contributed by atoms with Crippen molar-refractivity contribution in [3.8, 4) is 0 Å². The predicted molar refractivity (Wildman–Crippen MR) is 137 cm³/mol. The van der Waals surface area contributed by atoms with Crippen LogP contribution in [0.1, 0.15) is 57.4 Å². The number of carbonyl (C=O) groups is 3. The fourth-order valence-corrected chi connectivity index (χ4v) is 6.12. The van der Waals surface area contributed by atoms with E-state index < -0.39 is 17.7 Å². The van der Waals surface area contributed by atoms with Crippen molar-refractivity contribution >= 4 is 34.5 Å². The highest BCUT2D eigenvalue weighted by Crippen LogP contribution is 2.27. The van der Waals surface area contributed by atoms with Crippen LogP contribution in [0.2, 0.25) is 0 Å². The number of ketones is 1. The molecule has 9 heteroatoms. The molecule has 2 heterocycles. The van der Waals surface area contributed by atoms with Crippen molar-refractivity contribution in [2.24, 2.45) is 16.9 Å². The van der Waals surface area contributed by atoms with Gasteiger partial charge in [0.05, 0.1) is 0 Å². The molecule has 3 aliphatic rings. The third-order valence-corrected chi connectivity index (χ3v) is 8.43. The number of benzene rings is 1. The maximum Gasteiger partial charge on any atom is 0.309 e. The average molecular weight is 501 g/mol. The first-order valence-electron chi connectivity index (χ1n) is 12.8. The van der Waals surface area contributed by atoms with Crippen molar-refractivity contribution in [2.45, 2.75) is 70.5 Å². The van der Waals surface area contributed by atoms with E-state index in [0.717, 1.165) is 43.4 Å². The Balaban J connectivity index is 1.41. The van der Waals surface area contributed by atoms with Crippen LogP contribution in [-0.4, -0.2) is 58.7 Å². The van der Waals surface area contributed by atoms with E-state index in [2.05, 4.69) is 39.8 Å². The minimum absolute atomic E-state index is 0.0786. The first kappa shape index (κ1) is 25.7. The number of hydrazone groups is 1. The van der Waals surface area contributed by atoms with Crippen molar-refractivity contribution in [3.63, 3.8) is 0 Å². The zero-order valence-corrected chi connectivity index (χ0v) is 21.2. The monoisotopic (exact) mass is 500 g/mol. The summed E-state index contributed by atoms with van der Waals surface area (Å²) in [6.07, 6.45) is 6.17. The van der Waals surface area contributed by atoms with Crippen LogP contribution in [-0.2, 0) is 25.7 Å². The second-order valence-corrected chi connectivity index (χ2v) is 10.7. The van der Waals surface area contributed by atoms with E-state index in [-0.39, 0.29) is 23.8 Å². The number of thioether (sulfide) groups is 1. The molecule has 0 unspecified atom stereocenters. The molecule has 3 fully saturated rings. The number of ether oxygens (including phenoxy) is 1. The van der Waals surface area contributed by atoms with E-state index in [1.54, 1.807) is 11.8 Å². The van der Waals surface area contributed by atoms with Crippen molar-refractivity contribution in [1.29, 1.82) is 0 Å². The van der Waals surface area contributed by atoms with Gasteiger partial charge in [0.2, 0.25) is 11.7 Å². The molecule has 0 radical (unpaired) electrons. The topological polar surface area (TPSA) is 100 Å².